The van der Waals surface area contributed by atoms with Crippen LogP contribution in [0.1, 0.15) is 28.3 Å². The minimum absolute atomic E-state index is 0.0583. The van der Waals surface area contributed by atoms with E-state index in [9.17, 15) is 4.79 Å². The lowest BCUT2D eigenvalue weighted by Crippen LogP contribution is -2.33. The number of tetrazole rings is 1. The summed E-state index contributed by atoms with van der Waals surface area (Å²) in [5.74, 6) is 0.540. The van der Waals surface area contributed by atoms with Gasteiger partial charge in [-0.25, -0.2) is 4.68 Å². The number of rotatable bonds is 6. The van der Waals surface area contributed by atoms with Crippen LogP contribution in [-0.4, -0.2) is 57.2 Å². The second-order valence-corrected chi connectivity index (χ2v) is 6.75. The van der Waals surface area contributed by atoms with E-state index in [2.05, 4.69) is 56.1 Å². The van der Waals surface area contributed by atoms with Crippen molar-refractivity contribution in [1.82, 2.24) is 30.4 Å². The summed E-state index contributed by atoms with van der Waals surface area (Å²) in [5, 5.41) is 14.1. The summed E-state index contributed by atoms with van der Waals surface area (Å²) in [6.07, 6.45) is 2.70. The molecular weight excluding hydrogens is 340 g/mol. The molecule has 1 aliphatic rings. The molecule has 1 unspecified atom stereocenters. The summed E-state index contributed by atoms with van der Waals surface area (Å²) < 4.78 is 1.55. The number of nitrogens with one attached hydrogen (secondary N) is 1. The highest BCUT2D eigenvalue weighted by Crippen LogP contribution is 2.26. The first-order valence-corrected chi connectivity index (χ1v) is 9.18. The molecule has 1 N–H and O–H groups in total. The molecule has 1 saturated heterocycles. The van der Waals surface area contributed by atoms with E-state index in [-0.39, 0.29) is 5.91 Å². The Bertz CT molecular complexity index is 863. The Morgan fingerprint density at radius 1 is 1.11 bits per heavy atom. The quantitative estimate of drug-likeness (QED) is 0.725. The number of likely N-dealkylation sites (tertiary alicyclic amines) is 1. The van der Waals surface area contributed by atoms with Gasteiger partial charge in [-0.2, -0.15) is 0 Å². The summed E-state index contributed by atoms with van der Waals surface area (Å²) in [5.41, 5.74) is 2.86. The lowest BCUT2D eigenvalue weighted by Gasteiger charge is -2.16. The highest BCUT2D eigenvalue weighted by Gasteiger charge is 2.23. The van der Waals surface area contributed by atoms with Gasteiger partial charge in [0, 0.05) is 25.2 Å². The Kier molecular flexibility index (Phi) is 5.20. The molecule has 0 saturated carbocycles. The van der Waals surface area contributed by atoms with E-state index in [0.717, 1.165) is 25.3 Å². The molecule has 2 aromatic carbocycles. The predicted molar refractivity (Wildman–Crippen MR) is 102 cm³/mol. The van der Waals surface area contributed by atoms with E-state index in [1.165, 1.54) is 18.3 Å². The van der Waals surface area contributed by atoms with Crippen molar-refractivity contribution in [2.24, 2.45) is 0 Å². The fourth-order valence-electron chi connectivity index (χ4n) is 3.51. The molecule has 1 amide bonds. The Morgan fingerprint density at radius 2 is 1.93 bits per heavy atom. The molecule has 1 aromatic heterocycles. The van der Waals surface area contributed by atoms with Crippen molar-refractivity contribution in [3.8, 4) is 5.69 Å². The van der Waals surface area contributed by atoms with Gasteiger partial charge in [0.25, 0.3) is 5.91 Å². The van der Waals surface area contributed by atoms with Gasteiger partial charge in [-0.1, -0.05) is 30.3 Å². The Labute approximate surface area is 158 Å². The molecule has 0 aliphatic carbocycles. The second-order valence-electron chi connectivity index (χ2n) is 6.75. The maximum atomic E-state index is 12.3. The van der Waals surface area contributed by atoms with Crippen LogP contribution >= 0.6 is 0 Å². The van der Waals surface area contributed by atoms with Crippen molar-refractivity contribution in [1.29, 1.82) is 0 Å². The maximum Gasteiger partial charge on any atom is 0.251 e. The lowest BCUT2D eigenvalue weighted by atomic mass is 9.99. The molecule has 1 aliphatic heterocycles. The molecule has 0 bridgehead atoms. The van der Waals surface area contributed by atoms with Gasteiger partial charge in [-0.15, -0.1) is 5.10 Å². The zero-order valence-electron chi connectivity index (χ0n) is 15.0. The van der Waals surface area contributed by atoms with E-state index < -0.39 is 0 Å². The number of hydrogen-bond donors (Lipinski definition) is 1. The molecule has 4 rings (SSSR count). The highest BCUT2D eigenvalue weighted by atomic mass is 16.1. The second kappa shape index (κ2) is 8.09. The lowest BCUT2D eigenvalue weighted by molar-refractivity contribution is 0.0949. The van der Waals surface area contributed by atoms with E-state index in [0.29, 0.717) is 18.0 Å². The molecule has 2 heterocycles. The van der Waals surface area contributed by atoms with Crippen LogP contribution in [0, 0.1) is 0 Å². The predicted octanol–water partition coefficient (Wildman–Crippen LogP) is 1.88. The van der Waals surface area contributed by atoms with Gasteiger partial charge in [0.1, 0.15) is 6.33 Å². The molecule has 0 radical (unpaired) electrons. The van der Waals surface area contributed by atoms with Crippen LogP contribution in [0.15, 0.2) is 60.9 Å². The van der Waals surface area contributed by atoms with Gasteiger partial charge >= 0.3 is 0 Å². The minimum atomic E-state index is -0.0583. The summed E-state index contributed by atoms with van der Waals surface area (Å²) in [4.78, 5) is 14.7. The van der Waals surface area contributed by atoms with Crippen molar-refractivity contribution < 1.29 is 4.79 Å². The van der Waals surface area contributed by atoms with Gasteiger partial charge in [0.05, 0.1) is 5.69 Å². The fraction of sp³-hybridized carbons (Fsp3) is 0.300. The van der Waals surface area contributed by atoms with Crippen molar-refractivity contribution in [3.63, 3.8) is 0 Å². The normalized spacial score (nSPS) is 17.1. The van der Waals surface area contributed by atoms with Gasteiger partial charge in [-0.05, 0) is 59.1 Å². The van der Waals surface area contributed by atoms with Gasteiger partial charge in [0.15, 0.2) is 0 Å². The monoisotopic (exact) mass is 362 g/mol. The number of aromatic nitrogens is 4. The maximum absolute atomic E-state index is 12.3. The molecule has 138 valence electrons. The molecule has 7 heteroatoms. The van der Waals surface area contributed by atoms with E-state index in [1.807, 2.05) is 12.1 Å². The van der Waals surface area contributed by atoms with Crippen LogP contribution in [0.5, 0.6) is 0 Å². The first-order valence-electron chi connectivity index (χ1n) is 9.18. The number of nitrogens with zero attached hydrogens (tertiary/aromatic N) is 5. The molecular formula is C20H22N6O. The topological polar surface area (TPSA) is 75.9 Å². The van der Waals surface area contributed by atoms with Gasteiger partial charge in [0.2, 0.25) is 0 Å². The Morgan fingerprint density at radius 3 is 2.67 bits per heavy atom. The van der Waals surface area contributed by atoms with E-state index in [1.54, 1.807) is 16.8 Å². The minimum Gasteiger partial charge on any atom is -0.351 e. The molecule has 1 fully saturated rings. The van der Waals surface area contributed by atoms with Crippen LogP contribution in [0.2, 0.25) is 0 Å². The first kappa shape index (κ1) is 17.4. The van der Waals surface area contributed by atoms with Crippen molar-refractivity contribution in [2.75, 3.05) is 26.2 Å². The van der Waals surface area contributed by atoms with E-state index in [4.69, 9.17) is 0 Å². The summed E-state index contributed by atoms with van der Waals surface area (Å²) in [7, 11) is 0. The smallest absolute Gasteiger partial charge is 0.251 e. The van der Waals surface area contributed by atoms with Gasteiger partial charge < -0.3 is 10.2 Å². The van der Waals surface area contributed by atoms with Crippen LogP contribution in [-0.2, 0) is 0 Å². The largest absolute Gasteiger partial charge is 0.351 e. The molecule has 1 atom stereocenters. The Balaban J connectivity index is 1.24. The first-order chi connectivity index (χ1) is 13.3. The SMILES string of the molecule is O=C(NCCN1CCC(c2ccccc2)C1)c1ccc(-n2cnnn2)cc1. The number of carbonyl (C=O) groups is 1. The third-order valence-electron chi connectivity index (χ3n) is 5.00. The van der Waals surface area contributed by atoms with Crippen molar-refractivity contribution in [3.05, 3.63) is 72.1 Å². The summed E-state index contributed by atoms with van der Waals surface area (Å²) in [6.45, 7) is 3.66. The van der Waals surface area contributed by atoms with Crippen LogP contribution < -0.4 is 5.32 Å². The fourth-order valence-corrected chi connectivity index (χ4v) is 3.51. The third kappa shape index (κ3) is 4.20. The summed E-state index contributed by atoms with van der Waals surface area (Å²) in [6, 6.07) is 17.9. The average molecular weight is 362 g/mol. The zero-order chi connectivity index (χ0) is 18.5. The van der Waals surface area contributed by atoms with Crippen LogP contribution in [0.25, 0.3) is 5.69 Å². The molecule has 7 nitrogen and oxygen atoms in total. The van der Waals surface area contributed by atoms with Crippen LogP contribution in [0.3, 0.4) is 0 Å². The standard InChI is InChI=1S/C20H22N6O/c27-20(17-6-8-19(9-7-17)26-15-22-23-24-26)21-11-13-25-12-10-18(14-25)16-4-2-1-3-5-16/h1-9,15,18H,10-14H2,(H,21,27). The number of benzene rings is 2. The van der Waals surface area contributed by atoms with Crippen molar-refractivity contribution in [2.45, 2.75) is 12.3 Å². The van der Waals surface area contributed by atoms with Crippen molar-refractivity contribution >= 4 is 5.91 Å². The number of carbonyl (C=O) groups excluding carboxylic acids is 1. The zero-order valence-corrected chi connectivity index (χ0v) is 15.0. The number of hydrogen-bond acceptors (Lipinski definition) is 5. The third-order valence-corrected chi connectivity index (χ3v) is 5.00. The average Bonchev–Trinajstić information content (AvgIpc) is 3.41. The van der Waals surface area contributed by atoms with Crippen LogP contribution in [0.4, 0.5) is 0 Å². The molecule has 27 heavy (non-hydrogen) atoms. The van der Waals surface area contributed by atoms with E-state index >= 15 is 0 Å². The Hall–Kier alpha value is -3.06. The summed E-state index contributed by atoms with van der Waals surface area (Å²) >= 11 is 0. The molecule has 3 aromatic rings. The number of amides is 1. The van der Waals surface area contributed by atoms with Gasteiger partial charge in [-0.3, -0.25) is 4.79 Å². The molecule has 0 spiro atoms. The highest BCUT2D eigenvalue weighted by molar-refractivity contribution is 5.94.